The van der Waals surface area contributed by atoms with Crippen molar-refractivity contribution in [3.05, 3.63) is 58.4 Å². The molecule has 0 saturated heterocycles. The van der Waals surface area contributed by atoms with Gasteiger partial charge in [-0.2, -0.15) is 5.10 Å². The third-order valence-electron chi connectivity index (χ3n) is 5.16. The Hall–Kier alpha value is -2.82. The summed E-state index contributed by atoms with van der Waals surface area (Å²) in [5.41, 5.74) is 10.1. The minimum absolute atomic E-state index is 0.0918. The number of rotatable bonds is 6. The normalized spacial score (nSPS) is 18.2. The first kappa shape index (κ1) is 16.6. The quantitative estimate of drug-likeness (QED) is 0.699. The van der Waals surface area contributed by atoms with E-state index in [0.717, 1.165) is 48.6 Å². The number of para-hydroxylation sites is 1. The van der Waals surface area contributed by atoms with Gasteiger partial charge in [-0.1, -0.05) is 18.2 Å². The molecule has 1 amide bonds. The highest BCUT2D eigenvalue weighted by molar-refractivity contribution is 6.28. The summed E-state index contributed by atoms with van der Waals surface area (Å²) in [7, 11) is 0. The van der Waals surface area contributed by atoms with E-state index < -0.39 is 0 Å². The number of nitrogens with zero attached hydrogens (tertiary/aromatic N) is 1. The van der Waals surface area contributed by atoms with Crippen molar-refractivity contribution in [1.29, 1.82) is 0 Å². The highest BCUT2D eigenvalue weighted by Crippen LogP contribution is 2.35. The van der Waals surface area contributed by atoms with Gasteiger partial charge >= 0.3 is 0 Å². The molecule has 1 saturated carbocycles. The van der Waals surface area contributed by atoms with Gasteiger partial charge in [0.1, 0.15) is 0 Å². The average Bonchev–Trinajstić information content (AvgIpc) is 3.37. The molecule has 1 fully saturated rings. The van der Waals surface area contributed by atoms with Gasteiger partial charge < -0.3 is 10.3 Å². The smallest absolute Gasteiger partial charge is 0.273 e. The minimum Gasteiger partial charge on any atom is -0.385 e. The molecule has 1 aromatic carbocycles. The summed E-state index contributed by atoms with van der Waals surface area (Å²) in [6, 6.07) is 10.2. The standard InChI is InChI=1S/C21H24N4O/c1-13-17(10-11-22-16-6-4-3-5-7-16)14(2)23-19(13)12-18-20(15-8-9-15)24-25-21(18)26/h3-7,12,15,22-23H,8-11H2,1-2H3,(H,25,26)/b18-12+. The maximum atomic E-state index is 12.1. The average molecular weight is 348 g/mol. The van der Waals surface area contributed by atoms with Crippen molar-refractivity contribution in [3.63, 3.8) is 0 Å². The molecular formula is C21H24N4O. The largest absolute Gasteiger partial charge is 0.385 e. The Morgan fingerprint density at radius 3 is 2.73 bits per heavy atom. The Kier molecular flexibility index (Phi) is 4.37. The molecule has 0 radical (unpaired) electrons. The second kappa shape index (κ2) is 6.83. The molecule has 134 valence electrons. The number of aryl methyl sites for hydroxylation is 1. The maximum Gasteiger partial charge on any atom is 0.273 e. The fraction of sp³-hybridized carbons (Fsp3) is 0.333. The lowest BCUT2D eigenvalue weighted by molar-refractivity contribution is -0.116. The molecular weight excluding hydrogens is 324 g/mol. The summed E-state index contributed by atoms with van der Waals surface area (Å²) < 4.78 is 0. The van der Waals surface area contributed by atoms with Gasteiger partial charge in [0.15, 0.2) is 0 Å². The number of amides is 1. The van der Waals surface area contributed by atoms with Gasteiger partial charge in [-0.15, -0.1) is 0 Å². The van der Waals surface area contributed by atoms with Crippen LogP contribution in [-0.2, 0) is 11.2 Å². The maximum absolute atomic E-state index is 12.1. The third-order valence-corrected chi connectivity index (χ3v) is 5.16. The number of aromatic amines is 1. The molecule has 2 heterocycles. The molecule has 4 rings (SSSR count). The van der Waals surface area contributed by atoms with Crippen LogP contribution < -0.4 is 10.7 Å². The van der Waals surface area contributed by atoms with Gasteiger partial charge in [0.25, 0.3) is 5.91 Å². The van der Waals surface area contributed by atoms with Crippen molar-refractivity contribution in [2.24, 2.45) is 11.0 Å². The van der Waals surface area contributed by atoms with E-state index in [1.807, 2.05) is 24.3 Å². The first-order chi connectivity index (χ1) is 12.6. The van der Waals surface area contributed by atoms with Crippen LogP contribution in [-0.4, -0.2) is 23.1 Å². The van der Waals surface area contributed by atoms with E-state index in [0.29, 0.717) is 11.5 Å². The molecule has 5 nitrogen and oxygen atoms in total. The molecule has 0 bridgehead atoms. The predicted molar refractivity (Wildman–Crippen MR) is 105 cm³/mol. The van der Waals surface area contributed by atoms with E-state index in [-0.39, 0.29) is 5.91 Å². The first-order valence-electron chi connectivity index (χ1n) is 9.20. The fourth-order valence-electron chi connectivity index (χ4n) is 3.52. The number of hydrogen-bond donors (Lipinski definition) is 3. The van der Waals surface area contributed by atoms with Gasteiger partial charge in [0, 0.05) is 29.5 Å². The van der Waals surface area contributed by atoms with Crippen molar-refractivity contribution in [2.75, 3.05) is 11.9 Å². The topological polar surface area (TPSA) is 69.3 Å². The van der Waals surface area contributed by atoms with Crippen molar-refractivity contribution in [2.45, 2.75) is 33.1 Å². The van der Waals surface area contributed by atoms with E-state index in [1.54, 1.807) is 0 Å². The Balaban J connectivity index is 1.50. The van der Waals surface area contributed by atoms with Crippen LogP contribution in [0.2, 0.25) is 0 Å². The molecule has 1 aliphatic carbocycles. The van der Waals surface area contributed by atoms with Crippen LogP contribution in [0.15, 0.2) is 41.0 Å². The Labute approximate surface area is 153 Å². The van der Waals surface area contributed by atoms with Crippen LogP contribution in [0.5, 0.6) is 0 Å². The zero-order chi connectivity index (χ0) is 18.1. The molecule has 3 N–H and O–H groups in total. The molecule has 5 heteroatoms. The number of benzene rings is 1. The predicted octanol–water partition coefficient (Wildman–Crippen LogP) is 3.57. The van der Waals surface area contributed by atoms with Gasteiger partial charge in [-0.05, 0) is 62.4 Å². The Bertz CT molecular complexity index is 888. The van der Waals surface area contributed by atoms with Crippen LogP contribution in [0.25, 0.3) is 6.08 Å². The van der Waals surface area contributed by atoms with E-state index in [9.17, 15) is 4.79 Å². The monoisotopic (exact) mass is 348 g/mol. The summed E-state index contributed by atoms with van der Waals surface area (Å²) in [6.45, 7) is 5.08. The van der Waals surface area contributed by atoms with Crippen molar-refractivity contribution in [1.82, 2.24) is 10.4 Å². The lowest BCUT2D eigenvalue weighted by atomic mass is 10.0. The molecule has 1 aromatic heterocycles. The molecule has 2 aromatic rings. The summed E-state index contributed by atoms with van der Waals surface area (Å²) in [5.74, 6) is 0.358. The highest BCUT2D eigenvalue weighted by atomic mass is 16.2. The van der Waals surface area contributed by atoms with Crippen molar-refractivity contribution < 1.29 is 4.79 Å². The van der Waals surface area contributed by atoms with Crippen LogP contribution in [0.1, 0.15) is 35.4 Å². The summed E-state index contributed by atoms with van der Waals surface area (Å²) in [6.07, 6.45) is 5.16. The van der Waals surface area contributed by atoms with Gasteiger partial charge in [0.2, 0.25) is 0 Å². The van der Waals surface area contributed by atoms with Crippen LogP contribution in [0.4, 0.5) is 5.69 Å². The van der Waals surface area contributed by atoms with Crippen LogP contribution >= 0.6 is 0 Å². The molecule has 0 spiro atoms. The van der Waals surface area contributed by atoms with Gasteiger partial charge in [-0.25, -0.2) is 5.43 Å². The lowest BCUT2D eigenvalue weighted by Gasteiger charge is -2.07. The number of aromatic nitrogens is 1. The second-order valence-electron chi connectivity index (χ2n) is 7.08. The Morgan fingerprint density at radius 2 is 2.00 bits per heavy atom. The first-order valence-corrected chi connectivity index (χ1v) is 9.20. The molecule has 1 aliphatic heterocycles. The van der Waals surface area contributed by atoms with Gasteiger partial charge in [-0.3, -0.25) is 4.79 Å². The minimum atomic E-state index is -0.0918. The van der Waals surface area contributed by atoms with E-state index in [1.165, 1.54) is 11.1 Å². The molecule has 26 heavy (non-hydrogen) atoms. The highest BCUT2D eigenvalue weighted by Gasteiger charge is 2.36. The summed E-state index contributed by atoms with van der Waals surface area (Å²) in [4.78, 5) is 15.6. The van der Waals surface area contributed by atoms with E-state index >= 15 is 0 Å². The number of nitrogens with one attached hydrogen (secondary N) is 3. The van der Waals surface area contributed by atoms with E-state index in [2.05, 4.69) is 46.8 Å². The lowest BCUT2D eigenvalue weighted by Crippen LogP contribution is -2.13. The molecule has 2 aliphatic rings. The number of carbonyl (C=O) groups is 1. The zero-order valence-electron chi connectivity index (χ0n) is 15.2. The molecule has 0 atom stereocenters. The zero-order valence-corrected chi connectivity index (χ0v) is 15.2. The summed E-state index contributed by atoms with van der Waals surface area (Å²) in [5, 5.41) is 7.68. The SMILES string of the molecule is Cc1[nH]c(/C=C2/C(=O)NN=C2C2CC2)c(C)c1CCNc1ccccc1. The Morgan fingerprint density at radius 1 is 1.23 bits per heavy atom. The van der Waals surface area contributed by atoms with Crippen LogP contribution in [0, 0.1) is 19.8 Å². The second-order valence-corrected chi connectivity index (χ2v) is 7.08. The van der Waals surface area contributed by atoms with E-state index in [4.69, 9.17) is 0 Å². The van der Waals surface area contributed by atoms with Crippen molar-refractivity contribution >= 4 is 23.4 Å². The number of H-pyrrole nitrogens is 1. The number of hydrazone groups is 1. The fourth-order valence-corrected chi connectivity index (χ4v) is 3.52. The third kappa shape index (κ3) is 3.29. The van der Waals surface area contributed by atoms with Gasteiger partial charge in [0.05, 0.1) is 11.3 Å². The summed E-state index contributed by atoms with van der Waals surface area (Å²) >= 11 is 0. The molecule has 0 unspecified atom stereocenters. The number of anilines is 1. The van der Waals surface area contributed by atoms with Crippen LogP contribution in [0.3, 0.4) is 0 Å². The number of carbonyl (C=O) groups excluding carboxylic acids is 1. The van der Waals surface area contributed by atoms with Crippen molar-refractivity contribution in [3.8, 4) is 0 Å². The number of hydrogen-bond acceptors (Lipinski definition) is 3.